The molecule has 8 heteroatoms. The quantitative estimate of drug-likeness (QED) is 0.726. The molecule has 6 nitrogen and oxygen atoms in total. The zero-order valence-corrected chi connectivity index (χ0v) is 18.4. The van der Waals surface area contributed by atoms with Crippen LogP contribution in [-0.4, -0.2) is 33.0 Å². The Labute approximate surface area is 182 Å². The predicted octanol–water partition coefficient (Wildman–Crippen LogP) is 3.92. The molecule has 30 heavy (non-hydrogen) atoms. The van der Waals surface area contributed by atoms with Gasteiger partial charge in [0.15, 0.2) is 6.61 Å². The molecule has 1 aliphatic heterocycles. The maximum absolute atomic E-state index is 12.8. The number of fused-ring (bicyclic) bond motifs is 1. The Hall–Kier alpha value is -2.09. The highest BCUT2D eigenvalue weighted by Gasteiger charge is 2.31. The van der Waals surface area contributed by atoms with E-state index in [1.807, 2.05) is 31.2 Å². The number of carbonyl (C=O) groups excluding carboxylic acids is 1. The molecule has 4 rings (SSSR count). The average Bonchev–Trinajstić information content (AvgIpc) is 3.32. The molecule has 160 valence electrons. The average molecular weight is 449 g/mol. The van der Waals surface area contributed by atoms with Crippen LogP contribution in [0.5, 0.6) is 5.75 Å². The van der Waals surface area contributed by atoms with Gasteiger partial charge in [0.2, 0.25) is 10.0 Å². The summed E-state index contributed by atoms with van der Waals surface area (Å²) in [6, 6.07) is 12.2. The highest BCUT2D eigenvalue weighted by Crippen LogP contribution is 2.33. The van der Waals surface area contributed by atoms with Gasteiger partial charge in [0.1, 0.15) is 5.75 Å². The molecule has 0 radical (unpaired) electrons. The van der Waals surface area contributed by atoms with E-state index < -0.39 is 10.0 Å². The highest BCUT2D eigenvalue weighted by molar-refractivity contribution is 7.89. The number of amides is 1. The number of hydrogen-bond donors (Lipinski definition) is 1. The Bertz CT molecular complexity index is 1050. The van der Waals surface area contributed by atoms with Crippen LogP contribution in [0.15, 0.2) is 47.4 Å². The van der Waals surface area contributed by atoms with Gasteiger partial charge < -0.3 is 9.64 Å². The van der Waals surface area contributed by atoms with Gasteiger partial charge in [-0.05, 0) is 56.0 Å². The van der Waals surface area contributed by atoms with E-state index >= 15 is 0 Å². The minimum Gasteiger partial charge on any atom is -0.482 e. The lowest BCUT2D eigenvalue weighted by Crippen LogP contribution is -2.39. The van der Waals surface area contributed by atoms with Crippen LogP contribution in [0.1, 0.15) is 38.2 Å². The second kappa shape index (κ2) is 8.57. The van der Waals surface area contributed by atoms with Crippen molar-refractivity contribution in [1.82, 2.24) is 4.72 Å². The monoisotopic (exact) mass is 448 g/mol. The zero-order chi connectivity index (χ0) is 21.3. The van der Waals surface area contributed by atoms with Crippen molar-refractivity contribution in [3.63, 3.8) is 0 Å². The first-order chi connectivity index (χ1) is 14.3. The lowest BCUT2D eigenvalue weighted by Gasteiger charge is -2.23. The number of rotatable bonds is 6. The van der Waals surface area contributed by atoms with E-state index in [9.17, 15) is 13.2 Å². The predicted molar refractivity (Wildman–Crippen MR) is 117 cm³/mol. The number of nitrogens with one attached hydrogen (secondary N) is 1. The smallest absolute Gasteiger partial charge is 0.265 e. The third-order valence-corrected chi connectivity index (χ3v) is 7.53. The fourth-order valence-electron chi connectivity index (χ4n) is 4.25. The van der Waals surface area contributed by atoms with Crippen molar-refractivity contribution >= 4 is 33.2 Å². The Morgan fingerprint density at radius 1 is 1.20 bits per heavy atom. The molecule has 0 bridgehead atoms. The molecule has 1 amide bonds. The standard InChI is InChI=1S/C22H25ClN2O4S/c1-15-12-16-6-2-5-9-20(16)25(15)22(26)14-29-21-11-10-18(13-19(21)23)30(27,28)24-17-7-3-4-8-17/h2,5-6,9-11,13,15,17,24H,3-4,7-8,12,14H2,1H3/t15-/m1/s1. The summed E-state index contributed by atoms with van der Waals surface area (Å²) in [6.45, 7) is 1.83. The lowest BCUT2D eigenvalue weighted by molar-refractivity contribution is -0.120. The Morgan fingerprint density at radius 2 is 1.93 bits per heavy atom. The summed E-state index contributed by atoms with van der Waals surface area (Å²) >= 11 is 6.26. The summed E-state index contributed by atoms with van der Waals surface area (Å²) in [7, 11) is -3.63. The third kappa shape index (κ3) is 4.33. The molecule has 1 heterocycles. The molecule has 0 unspecified atom stereocenters. The highest BCUT2D eigenvalue weighted by atomic mass is 35.5. The maximum atomic E-state index is 12.8. The van der Waals surface area contributed by atoms with Crippen LogP contribution in [-0.2, 0) is 21.2 Å². The lowest BCUT2D eigenvalue weighted by atomic mass is 10.1. The van der Waals surface area contributed by atoms with Gasteiger partial charge in [-0.15, -0.1) is 0 Å². The Morgan fingerprint density at radius 3 is 2.67 bits per heavy atom. The van der Waals surface area contributed by atoms with Gasteiger partial charge in [-0.1, -0.05) is 42.6 Å². The van der Waals surface area contributed by atoms with E-state index in [2.05, 4.69) is 4.72 Å². The number of anilines is 1. The molecule has 1 N–H and O–H groups in total. The number of halogens is 1. The van der Waals surface area contributed by atoms with Crippen molar-refractivity contribution < 1.29 is 17.9 Å². The first-order valence-electron chi connectivity index (χ1n) is 10.2. The van der Waals surface area contributed by atoms with Gasteiger partial charge in [-0.2, -0.15) is 0 Å². The molecule has 0 saturated heterocycles. The second-order valence-electron chi connectivity index (χ2n) is 7.93. The van der Waals surface area contributed by atoms with Crippen molar-refractivity contribution in [2.45, 2.75) is 56.0 Å². The number of para-hydroxylation sites is 1. The van der Waals surface area contributed by atoms with Crippen LogP contribution in [0.2, 0.25) is 5.02 Å². The minimum atomic E-state index is -3.63. The minimum absolute atomic E-state index is 0.0207. The summed E-state index contributed by atoms with van der Waals surface area (Å²) in [4.78, 5) is 14.6. The van der Waals surface area contributed by atoms with Crippen LogP contribution < -0.4 is 14.4 Å². The van der Waals surface area contributed by atoms with E-state index in [4.69, 9.17) is 16.3 Å². The van der Waals surface area contributed by atoms with Crippen molar-refractivity contribution in [3.05, 3.63) is 53.1 Å². The van der Waals surface area contributed by atoms with Crippen molar-refractivity contribution in [1.29, 1.82) is 0 Å². The zero-order valence-electron chi connectivity index (χ0n) is 16.8. The van der Waals surface area contributed by atoms with Crippen molar-refractivity contribution in [2.24, 2.45) is 0 Å². The SMILES string of the molecule is C[C@@H]1Cc2ccccc2N1C(=O)COc1ccc(S(=O)(=O)NC2CCCC2)cc1Cl. The molecule has 0 aromatic heterocycles. The van der Waals surface area contributed by atoms with Gasteiger partial charge in [-0.25, -0.2) is 13.1 Å². The van der Waals surface area contributed by atoms with Crippen LogP contribution >= 0.6 is 11.6 Å². The van der Waals surface area contributed by atoms with E-state index in [0.29, 0.717) is 0 Å². The van der Waals surface area contributed by atoms with Gasteiger partial charge in [0.25, 0.3) is 5.91 Å². The topological polar surface area (TPSA) is 75.7 Å². The largest absolute Gasteiger partial charge is 0.482 e. The summed E-state index contributed by atoms with van der Waals surface area (Å²) in [5.41, 5.74) is 2.05. The molecule has 1 aliphatic carbocycles. The molecular weight excluding hydrogens is 424 g/mol. The molecule has 1 atom stereocenters. The van der Waals surface area contributed by atoms with E-state index in [1.54, 1.807) is 4.90 Å². The molecule has 1 saturated carbocycles. The van der Waals surface area contributed by atoms with Crippen LogP contribution in [0, 0.1) is 0 Å². The van der Waals surface area contributed by atoms with E-state index in [0.717, 1.165) is 43.4 Å². The molecule has 2 aromatic carbocycles. The molecule has 1 fully saturated rings. The summed E-state index contributed by atoms with van der Waals surface area (Å²) < 4.78 is 33.5. The number of nitrogens with zero attached hydrogens (tertiary/aromatic N) is 1. The molecule has 0 spiro atoms. The van der Waals surface area contributed by atoms with Crippen LogP contribution in [0.25, 0.3) is 0 Å². The summed E-state index contributed by atoms with van der Waals surface area (Å²) in [5.74, 6) is 0.119. The van der Waals surface area contributed by atoms with E-state index in [-0.39, 0.29) is 40.3 Å². The van der Waals surface area contributed by atoms with Crippen LogP contribution in [0.4, 0.5) is 5.69 Å². The summed E-state index contributed by atoms with van der Waals surface area (Å²) in [5, 5.41) is 0.159. The number of carbonyl (C=O) groups is 1. The first-order valence-corrected chi connectivity index (χ1v) is 12.1. The van der Waals surface area contributed by atoms with Gasteiger partial charge in [0.05, 0.1) is 9.92 Å². The number of ether oxygens (including phenoxy) is 1. The summed E-state index contributed by atoms with van der Waals surface area (Å²) in [6.07, 6.45) is 4.59. The van der Waals surface area contributed by atoms with Crippen molar-refractivity contribution in [2.75, 3.05) is 11.5 Å². The van der Waals surface area contributed by atoms with Gasteiger partial charge in [-0.3, -0.25) is 4.79 Å². The number of benzene rings is 2. The molecular formula is C22H25ClN2O4S. The fraction of sp³-hybridized carbons (Fsp3) is 0.409. The van der Waals surface area contributed by atoms with Gasteiger partial charge >= 0.3 is 0 Å². The van der Waals surface area contributed by atoms with Crippen LogP contribution in [0.3, 0.4) is 0 Å². The fourth-order valence-corrected chi connectivity index (χ4v) is 5.88. The van der Waals surface area contributed by atoms with Crippen molar-refractivity contribution in [3.8, 4) is 5.75 Å². The normalized spacial score (nSPS) is 19.1. The number of hydrogen-bond acceptors (Lipinski definition) is 4. The van der Waals surface area contributed by atoms with E-state index in [1.165, 1.54) is 18.2 Å². The molecule has 2 aliphatic rings. The first kappa shape index (κ1) is 21.2. The maximum Gasteiger partial charge on any atom is 0.265 e. The van der Waals surface area contributed by atoms with Gasteiger partial charge in [0, 0.05) is 17.8 Å². The second-order valence-corrected chi connectivity index (χ2v) is 10.1. The molecule has 2 aromatic rings. The number of sulfonamides is 1. The Kier molecular flexibility index (Phi) is 6.04. The Balaban J connectivity index is 1.42. The third-order valence-electron chi connectivity index (χ3n) is 5.72.